The van der Waals surface area contributed by atoms with Crippen molar-refractivity contribution < 1.29 is 4.79 Å². The first-order valence-electron chi connectivity index (χ1n) is 6.54. The smallest absolute Gasteiger partial charge is 0.168 e. The van der Waals surface area contributed by atoms with E-state index in [1.807, 2.05) is 24.4 Å². The Labute approximate surface area is 110 Å². The Morgan fingerprint density at radius 2 is 2.00 bits per heavy atom. The van der Waals surface area contributed by atoms with Crippen LogP contribution in [0.25, 0.3) is 10.9 Å². The second kappa shape index (κ2) is 3.61. The number of hydrogen-bond acceptors (Lipinski definition) is 1. The number of para-hydroxylation sites is 1. The normalized spacial score (nSPS) is 29.5. The van der Waals surface area contributed by atoms with E-state index in [0.29, 0.717) is 10.8 Å². The van der Waals surface area contributed by atoms with Gasteiger partial charge >= 0.3 is 0 Å². The van der Waals surface area contributed by atoms with Crippen LogP contribution in [-0.4, -0.2) is 10.8 Å². The number of aromatic nitrogens is 1. The van der Waals surface area contributed by atoms with Crippen LogP contribution in [0.15, 0.2) is 24.4 Å². The molecule has 2 aliphatic carbocycles. The largest absolute Gasteiger partial charge is 0.359 e. The Bertz CT molecular complexity index is 635. The molecule has 4 rings (SSSR count). The van der Waals surface area contributed by atoms with Crippen molar-refractivity contribution in [2.24, 2.45) is 17.8 Å². The molecule has 2 unspecified atom stereocenters. The molecule has 92 valence electrons. The fourth-order valence-electron chi connectivity index (χ4n) is 3.47. The molecule has 1 aromatic heterocycles. The molecule has 2 saturated carbocycles. The minimum Gasteiger partial charge on any atom is -0.359 e. The molecule has 0 amide bonds. The predicted molar refractivity (Wildman–Crippen MR) is 72.0 cm³/mol. The maximum atomic E-state index is 12.5. The van der Waals surface area contributed by atoms with E-state index in [-0.39, 0.29) is 5.92 Å². The molecule has 2 nitrogen and oxygen atoms in total. The zero-order valence-corrected chi connectivity index (χ0v) is 10.7. The first-order valence-corrected chi connectivity index (χ1v) is 6.91. The van der Waals surface area contributed by atoms with Crippen molar-refractivity contribution in [3.63, 3.8) is 0 Å². The first kappa shape index (κ1) is 10.6. The van der Waals surface area contributed by atoms with Crippen molar-refractivity contribution in [1.29, 1.82) is 0 Å². The van der Waals surface area contributed by atoms with Crippen molar-refractivity contribution in [2.75, 3.05) is 0 Å². The number of Topliss-reactive ketones (excluding diaryl/α,β-unsaturated/α-hetero) is 1. The van der Waals surface area contributed by atoms with Gasteiger partial charge < -0.3 is 4.98 Å². The van der Waals surface area contributed by atoms with Crippen LogP contribution in [-0.2, 0) is 0 Å². The van der Waals surface area contributed by atoms with Gasteiger partial charge in [0.15, 0.2) is 5.78 Å². The topological polar surface area (TPSA) is 32.9 Å². The quantitative estimate of drug-likeness (QED) is 0.811. The SMILES string of the molecule is O=C(c1c[nH]c2c(Cl)cccc12)C1CC2CC2C1. The third-order valence-electron chi connectivity index (χ3n) is 4.54. The van der Waals surface area contributed by atoms with Crippen LogP contribution >= 0.6 is 11.6 Å². The predicted octanol–water partition coefficient (Wildman–Crippen LogP) is 4.05. The fourth-order valence-corrected chi connectivity index (χ4v) is 3.70. The highest BCUT2D eigenvalue weighted by atomic mass is 35.5. The lowest BCUT2D eigenvalue weighted by Gasteiger charge is -2.09. The molecular formula is C15H14ClNO. The second-order valence-corrected chi connectivity index (χ2v) is 6.06. The number of carbonyl (C=O) groups excluding carboxylic acids is 1. The highest BCUT2D eigenvalue weighted by Gasteiger charge is 2.48. The molecule has 0 saturated heterocycles. The van der Waals surface area contributed by atoms with Gasteiger partial charge in [-0.15, -0.1) is 0 Å². The number of carbonyl (C=O) groups is 1. The molecule has 2 fully saturated rings. The molecule has 1 heterocycles. The maximum Gasteiger partial charge on any atom is 0.168 e. The molecule has 1 N–H and O–H groups in total. The van der Waals surface area contributed by atoms with Crippen molar-refractivity contribution in [3.8, 4) is 0 Å². The van der Waals surface area contributed by atoms with Crippen LogP contribution < -0.4 is 0 Å². The van der Waals surface area contributed by atoms with Gasteiger partial charge in [-0.05, 0) is 37.2 Å². The molecule has 2 aliphatic rings. The zero-order valence-electron chi connectivity index (χ0n) is 9.95. The zero-order chi connectivity index (χ0) is 12.3. The van der Waals surface area contributed by atoms with Crippen LogP contribution in [0.1, 0.15) is 29.6 Å². The molecule has 2 aromatic rings. The Morgan fingerprint density at radius 3 is 2.78 bits per heavy atom. The average Bonchev–Trinajstić information content (AvgIpc) is 2.81. The third-order valence-corrected chi connectivity index (χ3v) is 4.86. The maximum absolute atomic E-state index is 12.5. The van der Waals surface area contributed by atoms with E-state index < -0.39 is 0 Å². The highest BCUT2D eigenvalue weighted by Crippen LogP contribution is 2.55. The van der Waals surface area contributed by atoms with E-state index in [9.17, 15) is 4.79 Å². The van der Waals surface area contributed by atoms with E-state index >= 15 is 0 Å². The molecule has 0 radical (unpaired) electrons. The van der Waals surface area contributed by atoms with Gasteiger partial charge in [0.05, 0.1) is 10.5 Å². The van der Waals surface area contributed by atoms with Crippen LogP contribution in [0, 0.1) is 17.8 Å². The van der Waals surface area contributed by atoms with Crippen LogP contribution in [0.2, 0.25) is 5.02 Å². The fraction of sp³-hybridized carbons (Fsp3) is 0.400. The minimum absolute atomic E-state index is 0.242. The molecule has 18 heavy (non-hydrogen) atoms. The molecule has 2 atom stereocenters. The lowest BCUT2D eigenvalue weighted by Crippen LogP contribution is -2.12. The van der Waals surface area contributed by atoms with Gasteiger partial charge in [0.2, 0.25) is 0 Å². The molecule has 1 aromatic carbocycles. The Kier molecular flexibility index (Phi) is 2.13. The summed E-state index contributed by atoms with van der Waals surface area (Å²) in [6.45, 7) is 0. The molecule has 0 bridgehead atoms. The number of nitrogens with one attached hydrogen (secondary N) is 1. The van der Waals surface area contributed by atoms with Crippen LogP contribution in [0.3, 0.4) is 0 Å². The number of aromatic amines is 1. The van der Waals surface area contributed by atoms with Gasteiger partial charge in [-0.25, -0.2) is 0 Å². The van der Waals surface area contributed by atoms with Crippen molar-refractivity contribution >= 4 is 28.3 Å². The van der Waals surface area contributed by atoms with E-state index in [4.69, 9.17) is 11.6 Å². The molecular weight excluding hydrogens is 246 g/mol. The summed E-state index contributed by atoms with van der Waals surface area (Å²) in [6.07, 6.45) is 5.36. The van der Waals surface area contributed by atoms with E-state index in [1.54, 1.807) is 0 Å². The summed E-state index contributed by atoms with van der Waals surface area (Å²) < 4.78 is 0. The summed E-state index contributed by atoms with van der Waals surface area (Å²) >= 11 is 6.12. The molecule has 0 spiro atoms. The number of H-pyrrole nitrogens is 1. The van der Waals surface area contributed by atoms with Gasteiger partial charge in [-0.1, -0.05) is 23.7 Å². The van der Waals surface area contributed by atoms with Crippen molar-refractivity contribution in [1.82, 2.24) is 4.98 Å². The van der Waals surface area contributed by atoms with Gasteiger partial charge in [-0.3, -0.25) is 4.79 Å². The van der Waals surface area contributed by atoms with Gasteiger partial charge in [-0.2, -0.15) is 0 Å². The molecule has 3 heteroatoms. The molecule has 0 aliphatic heterocycles. The summed E-state index contributed by atoms with van der Waals surface area (Å²) in [5.41, 5.74) is 1.70. The standard InChI is InChI=1S/C15H14ClNO/c16-13-3-1-2-11-12(7-17-14(11)13)15(18)10-5-8-4-9(8)6-10/h1-3,7-10,17H,4-6H2. The Morgan fingerprint density at radius 1 is 1.22 bits per heavy atom. The van der Waals surface area contributed by atoms with E-state index in [1.165, 1.54) is 6.42 Å². The van der Waals surface area contributed by atoms with Gasteiger partial charge in [0.1, 0.15) is 0 Å². The number of hydrogen-bond donors (Lipinski definition) is 1. The number of ketones is 1. The number of halogens is 1. The summed E-state index contributed by atoms with van der Waals surface area (Å²) in [5, 5.41) is 1.65. The lowest BCUT2D eigenvalue weighted by atomic mass is 9.93. The van der Waals surface area contributed by atoms with Gasteiger partial charge in [0, 0.05) is 23.1 Å². The van der Waals surface area contributed by atoms with Crippen LogP contribution in [0.5, 0.6) is 0 Å². The lowest BCUT2D eigenvalue weighted by molar-refractivity contribution is 0.0916. The summed E-state index contributed by atoms with van der Waals surface area (Å²) in [4.78, 5) is 15.7. The number of benzene rings is 1. The second-order valence-electron chi connectivity index (χ2n) is 5.65. The van der Waals surface area contributed by atoms with Gasteiger partial charge in [0.25, 0.3) is 0 Å². The third kappa shape index (κ3) is 1.45. The van der Waals surface area contributed by atoms with Crippen LogP contribution in [0.4, 0.5) is 0 Å². The number of fused-ring (bicyclic) bond motifs is 2. The van der Waals surface area contributed by atoms with E-state index in [0.717, 1.165) is 41.1 Å². The minimum atomic E-state index is 0.242. The number of rotatable bonds is 2. The Hall–Kier alpha value is -1.28. The first-order chi connectivity index (χ1) is 8.74. The Balaban J connectivity index is 1.73. The summed E-state index contributed by atoms with van der Waals surface area (Å²) in [7, 11) is 0. The van der Waals surface area contributed by atoms with Crippen molar-refractivity contribution in [3.05, 3.63) is 35.0 Å². The van der Waals surface area contributed by atoms with E-state index in [2.05, 4.69) is 4.98 Å². The highest BCUT2D eigenvalue weighted by molar-refractivity contribution is 6.35. The average molecular weight is 260 g/mol. The summed E-state index contributed by atoms with van der Waals surface area (Å²) in [6, 6.07) is 5.72. The summed E-state index contributed by atoms with van der Waals surface area (Å²) in [5.74, 6) is 2.22. The monoisotopic (exact) mass is 259 g/mol. The van der Waals surface area contributed by atoms with Crippen molar-refractivity contribution in [2.45, 2.75) is 19.3 Å².